The smallest absolute Gasteiger partial charge is 0.114 e. The zero-order valence-electron chi connectivity index (χ0n) is 9.90. The zero-order valence-corrected chi connectivity index (χ0v) is 12.3. The monoisotopic (exact) mass is 310 g/mol. The van der Waals surface area contributed by atoms with Gasteiger partial charge in [-0.25, -0.2) is 0 Å². The van der Waals surface area contributed by atoms with Crippen LogP contribution < -0.4 is 0 Å². The minimum absolute atomic E-state index is 0.533. The third-order valence-electron chi connectivity index (χ3n) is 2.79. The number of hydrogen-bond donors (Lipinski definition) is 1. The van der Waals surface area contributed by atoms with E-state index in [1.54, 1.807) is 11.3 Å². The molecule has 1 aromatic heterocycles. The van der Waals surface area contributed by atoms with Gasteiger partial charge < -0.3 is 5.11 Å². The van der Waals surface area contributed by atoms with E-state index in [1.807, 2.05) is 25.1 Å². The number of aliphatic hydroxyl groups excluding tert-OH is 1. The first-order chi connectivity index (χ1) is 8.11. The van der Waals surface area contributed by atoms with Crippen LogP contribution in [0.4, 0.5) is 0 Å². The molecule has 1 heterocycles. The van der Waals surface area contributed by atoms with Gasteiger partial charge >= 0.3 is 0 Å². The molecular formula is C14H15BrOS. The van der Waals surface area contributed by atoms with Crippen molar-refractivity contribution in [3.05, 3.63) is 55.7 Å². The van der Waals surface area contributed by atoms with Crippen molar-refractivity contribution in [3.8, 4) is 0 Å². The normalized spacial score (nSPS) is 12.7. The average Bonchev–Trinajstić information content (AvgIpc) is 2.68. The van der Waals surface area contributed by atoms with Crippen molar-refractivity contribution in [2.24, 2.45) is 0 Å². The Morgan fingerprint density at radius 1 is 1.29 bits per heavy atom. The molecule has 0 aliphatic heterocycles. The molecule has 17 heavy (non-hydrogen) atoms. The molecule has 0 amide bonds. The molecule has 2 rings (SSSR count). The fourth-order valence-electron chi connectivity index (χ4n) is 1.77. The summed E-state index contributed by atoms with van der Waals surface area (Å²) in [5, 5.41) is 10.3. The number of aliphatic hydroxyl groups is 1. The van der Waals surface area contributed by atoms with E-state index in [4.69, 9.17) is 0 Å². The molecule has 0 radical (unpaired) electrons. The maximum Gasteiger partial charge on any atom is 0.114 e. The van der Waals surface area contributed by atoms with Gasteiger partial charge in [0.25, 0.3) is 0 Å². The summed E-state index contributed by atoms with van der Waals surface area (Å²) in [6.07, 6.45) is 0.493. The van der Waals surface area contributed by atoms with Gasteiger partial charge in [0.15, 0.2) is 0 Å². The standard InChI is InChI=1S/C14H15BrOS/c1-3-10-4-6-11(7-5-10)13(16)14-12(15)8-9(2)17-14/h4-8,13,16H,3H2,1-2H3. The lowest BCUT2D eigenvalue weighted by Gasteiger charge is -2.10. The van der Waals surface area contributed by atoms with Crippen LogP contribution in [0.15, 0.2) is 34.8 Å². The third-order valence-corrected chi connectivity index (χ3v) is 4.81. The van der Waals surface area contributed by atoms with E-state index in [-0.39, 0.29) is 0 Å². The fraction of sp³-hybridized carbons (Fsp3) is 0.286. The van der Waals surface area contributed by atoms with Crippen LogP contribution in [-0.2, 0) is 6.42 Å². The summed E-state index contributed by atoms with van der Waals surface area (Å²) in [5.74, 6) is 0. The molecule has 0 aliphatic carbocycles. The number of hydrogen-bond acceptors (Lipinski definition) is 2. The largest absolute Gasteiger partial charge is 0.383 e. The molecule has 0 saturated carbocycles. The maximum atomic E-state index is 10.3. The van der Waals surface area contributed by atoms with Crippen molar-refractivity contribution >= 4 is 27.3 Å². The van der Waals surface area contributed by atoms with Crippen LogP contribution in [0.5, 0.6) is 0 Å². The summed E-state index contributed by atoms with van der Waals surface area (Å²) in [6, 6.07) is 10.2. The first-order valence-electron chi connectivity index (χ1n) is 5.64. The summed E-state index contributed by atoms with van der Waals surface area (Å²) in [4.78, 5) is 2.18. The molecule has 0 aliphatic rings. The second-order valence-electron chi connectivity index (χ2n) is 4.07. The highest BCUT2D eigenvalue weighted by Crippen LogP contribution is 2.35. The van der Waals surface area contributed by atoms with Gasteiger partial charge in [-0.3, -0.25) is 0 Å². The molecule has 1 N–H and O–H groups in total. The van der Waals surface area contributed by atoms with E-state index in [2.05, 4.69) is 35.0 Å². The van der Waals surface area contributed by atoms with Crippen molar-refractivity contribution in [2.75, 3.05) is 0 Å². The van der Waals surface area contributed by atoms with Crippen molar-refractivity contribution in [1.29, 1.82) is 0 Å². The fourth-order valence-corrected chi connectivity index (χ4v) is 3.66. The minimum Gasteiger partial charge on any atom is -0.383 e. The molecule has 0 fully saturated rings. The van der Waals surface area contributed by atoms with E-state index in [0.29, 0.717) is 0 Å². The topological polar surface area (TPSA) is 20.2 Å². The van der Waals surface area contributed by atoms with E-state index in [0.717, 1.165) is 21.3 Å². The molecular weight excluding hydrogens is 296 g/mol. The Hall–Kier alpha value is -0.640. The predicted octanol–water partition coefficient (Wildman–Crippen LogP) is 4.46. The van der Waals surface area contributed by atoms with Crippen molar-refractivity contribution in [2.45, 2.75) is 26.4 Å². The highest BCUT2D eigenvalue weighted by molar-refractivity contribution is 9.10. The molecule has 1 aromatic carbocycles. The van der Waals surface area contributed by atoms with Crippen LogP contribution in [0, 0.1) is 6.92 Å². The van der Waals surface area contributed by atoms with Gasteiger partial charge in [-0.1, -0.05) is 31.2 Å². The van der Waals surface area contributed by atoms with Crippen molar-refractivity contribution in [1.82, 2.24) is 0 Å². The average molecular weight is 311 g/mol. The summed E-state index contributed by atoms with van der Waals surface area (Å²) in [5.41, 5.74) is 2.24. The summed E-state index contributed by atoms with van der Waals surface area (Å²) < 4.78 is 0.993. The first-order valence-corrected chi connectivity index (χ1v) is 7.25. The molecule has 0 spiro atoms. The second kappa shape index (κ2) is 5.34. The summed E-state index contributed by atoms with van der Waals surface area (Å²) in [7, 11) is 0. The molecule has 1 nitrogen and oxygen atoms in total. The molecule has 0 bridgehead atoms. The van der Waals surface area contributed by atoms with Crippen LogP contribution in [0.3, 0.4) is 0 Å². The highest BCUT2D eigenvalue weighted by Gasteiger charge is 2.16. The van der Waals surface area contributed by atoms with Crippen LogP contribution in [0.1, 0.15) is 33.9 Å². The number of rotatable bonds is 3. The van der Waals surface area contributed by atoms with Crippen LogP contribution in [0.2, 0.25) is 0 Å². The molecule has 2 aromatic rings. The van der Waals surface area contributed by atoms with Gasteiger partial charge in [-0.15, -0.1) is 11.3 Å². The molecule has 1 unspecified atom stereocenters. The lowest BCUT2D eigenvalue weighted by Crippen LogP contribution is -1.97. The van der Waals surface area contributed by atoms with Gasteiger partial charge in [0.05, 0.1) is 4.88 Å². The lowest BCUT2D eigenvalue weighted by atomic mass is 10.0. The van der Waals surface area contributed by atoms with Crippen LogP contribution in [0.25, 0.3) is 0 Å². The zero-order chi connectivity index (χ0) is 12.4. The van der Waals surface area contributed by atoms with E-state index < -0.39 is 6.10 Å². The van der Waals surface area contributed by atoms with Gasteiger partial charge in [-0.05, 0) is 46.5 Å². The Kier molecular flexibility index (Phi) is 4.02. The summed E-state index contributed by atoms with van der Waals surface area (Å²) >= 11 is 5.12. The van der Waals surface area contributed by atoms with Crippen LogP contribution >= 0.6 is 27.3 Å². The SMILES string of the molecule is CCc1ccc(C(O)c2sc(C)cc2Br)cc1. The molecule has 0 saturated heterocycles. The quantitative estimate of drug-likeness (QED) is 0.887. The Balaban J connectivity index is 2.30. The van der Waals surface area contributed by atoms with E-state index >= 15 is 0 Å². The van der Waals surface area contributed by atoms with Gasteiger partial charge in [-0.2, -0.15) is 0 Å². The second-order valence-corrected chi connectivity index (χ2v) is 6.21. The number of thiophene rings is 1. The number of aryl methyl sites for hydroxylation is 2. The first kappa shape index (κ1) is 12.8. The third kappa shape index (κ3) is 2.79. The van der Waals surface area contributed by atoms with Crippen LogP contribution in [-0.4, -0.2) is 5.11 Å². The van der Waals surface area contributed by atoms with Gasteiger partial charge in [0.2, 0.25) is 0 Å². The number of halogens is 1. The van der Waals surface area contributed by atoms with Gasteiger partial charge in [0.1, 0.15) is 6.10 Å². The van der Waals surface area contributed by atoms with Crippen molar-refractivity contribution in [3.63, 3.8) is 0 Å². The van der Waals surface area contributed by atoms with Crippen molar-refractivity contribution < 1.29 is 5.11 Å². The minimum atomic E-state index is -0.533. The Labute approximate surface area is 114 Å². The Morgan fingerprint density at radius 3 is 2.41 bits per heavy atom. The Bertz CT molecular complexity index is 501. The number of benzene rings is 1. The maximum absolute atomic E-state index is 10.3. The lowest BCUT2D eigenvalue weighted by molar-refractivity contribution is 0.223. The van der Waals surface area contributed by atoms with E-state index in [1.165, 1.54) is 10.4 Å². The Morgan fingerprint density at radius 2 is 1.94 bits per heavy atom. The molecule has 3 heteroatoms. The molecule has 90 valence electrons. The highest BCUT2D eigenvalue weighted by atomic mass is 79.9. The summed E-state index contributed by atoms with van der Waals surface area (Å²) in [6.45, 7) is 4.18. The predicted molar refractivity (Wildman–Crippen MR) is 76.6 cm³/mol. The molecule has 1 atom stereocenters. The van der Waals surface area contributed by atoms with E-state index in [9.17, 15) is 5.11 Å². The van der Waals surface area contributed by atoms with Gasteiger partial charge in [0, 0.05) is 9.35 Å².